The van der Waals surface area contributed by atoms with Crippen LogP contribution in [-0.2, 0) is 9.53 Å². The summed E-state index contributed by atoms with van der Waals surface area (Å²) in [6.07, 6.45) is 0.304. The normalized spacial score (nSPS) is 10.3. The Hall–Kier alpha value is -3.90. The Morgan fingerprint density at radius 1 is 0.862 bits per heavy atom. The molecule has 0 aliphatic rings. The Kier molecular flexibility index (Phi) is 6.40. The van der Waals surface area contributed by atoms with E-state index in [0.29, 0.717) is 5.56 Å². The van der Waals surface area contributed by atoms with Gasteiger partial charge in [-0.05, 0) is 27.6 Å². The molecule has 0 fully saturated rings. The van der Waals surface area contributed by atoms with Gasteiger partial charge < -0.3 is 9.64 Å². The van der Waals surface area contributed by atoms with Gasteiger partial charge in [-0.25, -0.2) is 4.79 Å². The zero-order valence-corrected chi connectivity index (χ0v) is 15.8. The molecule has 0 atom stereocenters. The predicted molar refractivity (Wildman–Crippen MR) is 109 cm³/mol. The number of nitriles is 2. The summed E-state index contributed by atoms with van der Waals surface area (Å²) in [5.74, 6) is -1.000. The Balaban J connectivity index is 1.85. The van der Waals surface area contributed by atoms with Crippen molar-refractivity contribution in [1.29, 1.82) is 10.5 Å². The average Bonchev–Trinajstić information content (AvgIpc) is 2.75. The van der Waals surface area contributed by atoms with E-state index >= 15 is 0 Å². The van der Waals surface area contributed by atoms with Crippen LogP contribution in [0.5, 0.6) is 0 Å². The van der Waals surface area contributed by atoms with Crippen molar-refractivity contribution in [2.75, 3.05) is 19.7 Å². The van der Waals surface area contributed by atoms with Crippen LogP contribution < -0.4 is 0 Å². The Labute approximate surface area is 168 Å². The van der Waals surface area contributed by atoms with E-state index in [1.165, 1.54) is 4.90 Å². The number of nitrogens with zero attached hydrogens (tertiary/aromatic N) is 3. The number of rotatable bonds is 7. The maximum Gasteiger partial charge on any atom is 0.339 e. The molecule has 3 aromatic carbocycles. The van der Waals surface area contributed by atoms with E-state index in [1.54, 1.807) is 0 Å². The highest BCUT2D eigenvalue weighted by molar-refractivity contribution is 6.16. The SMILES string of the molecule is N#CCCN(CCC#N)C(=O)COC(=O)c1c2ccccc2cc2ccccc12. The van der Waals surface area contributed by atoms with Crippen LogP contribution in [-0.4, -0.2) is 36.5 Å². The Bertz CT molecular complexity index is 1070. The van der Waals surface area contributed by atoms with E-state index in [-0.39, 0.29) is 25.9 Å². The molecule has 0 aliphatic carbocycles. The number of carbonyl (C=O) groups is 2. The number of fused-ring (bicyclic) bond motifs is 2. The Morgan fingerprint density at radius 3 is 1.90 bits per heavy atom. The van der Waals surface area contributed by atoms with Crippen LogP contribution in [0.3, 0.4) is 0 Å². The summed E-state index contributed by atoms with van der Waals surface area (Å²) in [5.41, 5.74) is 0.423. The second kappa shape index (κ2) is 9.34. The summed E-state index contributed by atoms with van der Waals surface area (Å²) in [7, 11) is 0. The maximum atomic E-state index is 12.9. The second-order valence-electron chi connectivity index (χ2n) is 6.47. The van der Waals surface area contributed by atoms with Gasteiger partial charge in [0.1, 0.15) is 0 Å². The van der Waals surface area contributed by atoms with Crippen molar-refractivity contribution in [3.05, 3.63) is 60.2 Å². The third-order valence-electron chi connectivity index (χ3n) is 4.64. The number of benzene rings is 3. The third-order valence-corrected chi connectivity index (χ3v) is 4.64. The quantitative estimate of drug-likeness (QED) is 0.455. The van der Waals surface area contributed by atoms with Crippen molar-refractivity contribution in [3.63, 3.8) is 0 Å². The average molecular weight is 385 g/mol. The lowest BCUT2D eigenvalue weighted by molar-refractivity contribution is -0.134. The molecule has 0 bridgehead atoms. The maximum absolute atomic E-state index is 12.9. The largest absolute Gasteiger partial charge is 0.452 e. The zero-order chi connectivity index (χ0) is 20.6. The molecule has 6 nitrogen and oxygen atoms in total. The molecule has 0 unspecified atom stereocenters. The monoisotopic (exact) mass is 385 g/mol. The number of esters is 1. The fourth-order valence-electron chi connectivity index (χ4n) is 3.26. The van der Waals surface area contributed by atoms with Crippen LogP contribution in [0.2, 0.25) is 0 Å². The summed E-state index contributed by atoms with van der Waals surface area (Å²) in [4.78, 5) is 26.8. The van der Waals surface area contributed by atoms with Crippen molar-refractivity contribution in [1.82, 2.24) is 4.90 Å². The summed E-state index contributed by atoms with van der Waals surface area (Å²) >= 11 is 0. The molecule has 0 saturated carbocycles. The van der Waals surface area contributed by atoms with Gasteiger partial charge in [0.15, 0.2) is 6.61 Å². The third kappa shape index (κ3) is 4.51. The van der Waals surface area contributed by atoms with E-state index in [0.717, 1.165) is 21.5 Å². The molecule has 0 aliphatic heterocycles. The van der Waals surface area contributed by atoms with Crippen molar-refractivity contribution in [2.45, 2.75) is 12.8 Å². The molecule has 29 heavy (non-hydrogen) atoms. The molecule has 1 amide bonds. The molecule has 0 saturated heterocycles. The minimum Gasteiger partial charge on any atom is -0.452 e. The molecule has 0 spiro atoms. The first-order valence-electron chi connectivity index (χ1n) is 9.25. The van der Waals surface area contributed by atoms with E-state index < -0.39 is 18.5 Å². The lowest BCUT2D eigenvalue weighted by Crippen LogP contribution is -2.36. The van der Waals surface area contributed by atoms with Gasteiger partial charge in [0.05, 0.1) is 30.5 Å². The molecular formula is C23H19N3O3. The van der Waals surface area contributed by atoms with Crippen molar-refractivity contribution < 1.29 is 14.3 Å². The van der Waals surface area contributed by atoms with Crippen LogP contribution in [0.15, 0.2) is 54.6 Å². The van der Waals surface area contributed by atoms with Gasteiger partial charge in [-0.3, -0.25) is 4.79 Å². The van der Waals surface area contributed by atoms with Gasteiger partial charge in [0.25, 0.3) is 5.91 Å². The molecule has 0 radical (unpaired) electrons. The summed E-state index contributed by atoms with van der Waals surface area (Å²) in [6.45, 7) is -0.0369. The molecule has 0 N–H and O–H groups in total. The van der Waals surface area contributed by atoms with Gasteiger partial charge in [0.2, 0.25) is 0 Å². The van der Waals surface area contributed by atoms with E-state index in [9.17, 15) is 9.59 Å². The van der Waals surface area contributed by atoms with E-state index in [2.05, 4.69) is 0 Å². The lowest BCUT2D eigenvalue weighted by atomic mass is 9.97. The first-order valence-corrected chi connectivity index (χ1v) is 9.25. The van der Waals surface area contributed by atoms with E-state index in [1.807, 2.05) is 66.7 Å². The van der Waals surface area contributed by atoms with Crippen LogP contribution in [0.1, 0.15) is 23.2 Å². The fourth-order valence-corrected chi connectivity index (χ4v) is 3.26. The first-order chi connectivity index (χ1) is 14.2. The van der Waals surface area contributed by atoms with Crippen molar-refractivity contribution >= 4 is 33.4 Å². The van der Waals surface area contributed by atoms with Crippen molar-refractivity contribution in [2.24, 2.45) is 0 Å². The number of hydrogen-bond donors (Lipinski definition) is 0. The topological polar surface area (TPSA) is 94.2 Å². The summed E-state index contributed by atoms with van der Waals surface area (Å²) in [5, 5.41) is 20.8. The minimum atomic E-state index is -0.577. The number of ether oxygens (including phenoxy) is 1. The molecule has 0 heterocycles. The van der Waals surface area contributed by atoms with Crippen LogP contribution in [0.25, 0.3) is 21.5 Å². The molecule has 6 heteroatoms. The highest BCUT2D eigenvalue weighted by atomic mass is 16.5. The fraction of sp³-hybridized carbons (Fsp3) is 0.217. The standard InChI is InChI=1S/C23H19N3O3/c24-11-5-13-26(14-6-12-25)21(27)16-29-23(28)22-19-9-3-1-7-17(19)15-18-8-2-4-10-20(18)22/h1-4,7-10,15H,5-6,13-14,16H2. The minimum absolute atomic E-state index is 0.152. The smallest absolute Gasteiger partial charge is 0.339 e. The molecule has 0 aromatic heterocycles. The van der Waals surface area contributed by atoms with Gasteiger partial charge in [-0.1, -0.05) is 48.5 Å². The Morgan fingerprint density at radius 2 is 1.38 bits per heavy atom. The number of amides is 1. The molecule has 3 rings (SSSR count). The molecule has 3 aromatic rings. The molecule has 144 valence electrons. The summed E-state index contributed by atoms with van der Waals surface area (Å²) in [6, 6.07) is 21.0. The van der Waals surface area contributed by atoms with Gasteiger partial charge in [0, 0.05) is 13.1 Å². The zero-order valence-electron chi connectivity index (χ0n) is 15.8. The second-order valence-corrected chi connectivity index (χ2v) is 6.47. The summed E-state index contributed by atoms with van der Waals surface area (Å²) < 4.78 is 5.35. The first kappa shape index (κ1) is 19.9. The van der Waals surface area contributed by atoms with Crippen molar-refractivity contribution in [3.8, 4) is 12.1 Å². The van der Waals surface area contributed by atoms with Crippen LogP contribution >= 0.6 is 0 Å². The number of carbonyl (C=O) groups excluding carboxylic acids is 2. The van der Waals surface area contributed by atoms with Gasteiger partial charge in [-0.2, -0.15) is 10.5 Å². The highest BCUT2D eigenvalue weighted by Gasteiger charge is 2.19. The predicted octanol–water partition coefficient (Wildman–Crippen LogP) is 3.81. The van der Waals surface area contributed by atoms with E-state index in [4.69, 9.17) is 15.3 Å². The van der Waals surface area contributed by atoms with Gasteiger partial charge >= 0.3 is 5.97 Å². The highest BCUT2D eigenvalue weighted by Crippen LogP contribution is 2.29. The molecular weight excluding hydrogens is 366 g/mol. The van der Waals surface area contributed by atoms with Gasteiger partial charge in [-0.15, -0.1) is 0 Å². The number of hydrogen-bond acceptors (Lipinski definition) is 5. The van der Waals surface area contributed by atoms with Crippen LogP contribution in [0, 0.1) is 22.7 Å². The van der Waals surface area contributed by atoms with Crippen LogP contribution in [0.4, 0.5) is 0 Å². The lowest BCUT2D eigenvalue weighted by Gasteiger charge is -2.20.